The molecule has 0 aliphatic heterocycles. The van der Waals surface area contributed by atoms with Gasteiger partial charge in [0.2, 0.25) is 0 Å². The molecule has 0 aromatic heterocycles. The van der Waals surface area contributed by atoms with Gasteiger partial charge in [0.15, 0.2) is 0 Å². The third-order valence-electron chi connectivity index (χ3n) is 3.33. The number of non-ortho nitro benzene ring substituents is 1. The fourth-order valence-electron chi connectivity index (χ4n) is 2.07. The van der Waals surface area contributed by atoms with Gasteiger partial charge in [-0.2, -0.15) is 0 Å². The minimum absolute atomic E-state index is 0.0686. The van der Waals surface area contributed by atoms with Gasteiger partial charge >= 0.3 is 7.75 Å². The van der Waals surface area contributed by atoms with E-state index >= 15 is 0 Å². The van der Waals surface area contributed by atoms with E-state index in [0.717, 1.165) is 5.56 Å². The van der Waals surface area contributed by atoms with Gasteiger partial charge in [0.1, 0.15) is 5.75 Å². The fourth-order valence-corrected chi connectivity index (χ4v) is 5.61. The number of nitro benzene ring substituents is 1. The third kappa shape index (κ3) is 9.23. The molecule has 29 heavy (non-hydrogen) atoms. The smallest absolute Gasteiger partial charge is 0.413 e. The van der Waals surface area contributed by atoms with Crippen LogP contribution < -0.4 is 9.61 Å². The molecule has 1 N–H and O–H groups in total. The van der Waals surface area contributed by atoms with Crippen molar-refractivity contribution in [3.8, 4) is 5.75 Å². The van der Waals surface area contributed by atoms with Crippen LogP contribution in [-0.4, -0.2) is 22.0 Å². The lowest BCUT2D eigenvalue weighted by Crippen LogP contribution is -2.17. The van der Waals surface area contributed by atoms with E-state index in [9.17, 15) is 14.7 Å². The summed E-state index contributed by atoms with van der Waals surface area (Å²) in [5.41, 5.74) is 0.863. The molecule has 0 spiro atoms. The summed E-state index contributed by atoms with van der Waals surface area (Å²) in [5, 5.41) is 13.7. The zero-order valence-corrected chi connectivity index (χ0v) is 19.1. The molecule has 0 heterocycles. The van der Waals surface area contributed by atoms with Crippen molar-refractivity contribution in [3.63, 3.8) is 0 Å². The van der Waals surface area contributed by atoms with Gasteiger partial charge in [-0.25, -0.2) is 9.65 Å². The van der Waals surface area contributed by atoms with Crippen LogP contribution in [0.3, 0.4) is 0 Å². The Kier molecular flexibility index (Phi) is 9.04. The van der Waals surface area contributed by atoms with Crippen LogP contribution in [0.4, 0.5) is 5.69 Å². The standard InChI is InChI=1S/C19H25N2O5PS2/c1-19(2,3)29-28-14-13-25-27(24,20-15-16-7-5-4-6-8-16)26-18-11-9-17(10-12-18)21(22)23/h4-12H,13-15H2,1-3H3,(H,20,24). The highest BCUT2D eigenvalue weighted by atomic mass is 33.1. The van der Waals surface area contributed by atoms with E-state index < -0.39 is 12.7 Å². The summed E-state index contributed by atoms with van der Waals surface area (Å²) in [6.07, 6.45) is 0. The highest BCUT2D eigenvalue weighted by Crippen LogP contribution is 2.45. The molecule has 158 valence electrons. The van der Waals surface area contributed by atoms with Crippen molar-refractivity contribution < 1.29 is 18.5 Å². The van der Waals surface area contributed by atoms with E-state index in [2.05, 4.69) is 25.9 Å². The van der Waals surface area contributed by atoms with Crippen molar-refractivity contribution in [3.05, 3.63) is 70.3 Å². The highest BCUT2D eigenvalue weighted by molar-refractivity contribution is 8.77. The van der Waals surface area contributed by atoms with Gasteiger partial charge in [0.05, 0.1) is 11.5 Å². The Morgan fingerprint density at radius 2 is 1.76 bits per heavy atom. The minimum Gasteiger partial charge on any atom is -0.413 e. The van der Waals surface area contributed by atoms with E-state index in [-0.39, 0.29) is 22.8 Å². The summed E-state index contributed by atoms with van der Waals surface area (Å²) >= 11 is 0. The Hall–Kier alpha value is -1.51. The lowest BCUT2D eigenvalue weighted by atomic mass is 10.2. The van der Waals surface area contributed by atoms with Crippen molar-refractivity contribution in [2.24, 2.45) is 0 Å². The predicted molar refractivity (Wildman–Crippen MR) is 120 cm³/mol. The van der Waals surface area contributed by atoms with Crippen LogP contribution in [0.5, 0.6) is 5.75 Å². The van der Waals surface area contributed by atoms with Crippen molar-refractivity contribution in [2.45, 2.75) is 32.1 Å². The van der Waals surface area contributed by atoms with Gasteiger partial charge in [0.25, 0.3) is 5.69 Å². The first-order valence-corrected chi connectivity index (χ1v) is 12.8. The molecule has 1 unspecified atom stereocenters. The minimum atomic E-state index is -3.67. The summed E-state index contributed by atoms with van der Waals surface area (Å²) in [5.74, 6) is 0.874. The maximum absolute atomic E-state index is 13.2. The van der Waals surface area contributed by atoms with Gasteiger partial charge in [-0.15, -0.1) is 0 Å². The number of benzene rings is 2. The Bertz CT molecular complexity index is 829. The number of hydrogen-bond acceptors (Lipinski definition) is 7. The second kappa shape index (κ2) is 11.0. The Morgan fingerprint density at radius 1 is 1.10 bits per heavy atom. The summed E-state index contributed by atoms with van der Waals surface area (Å²) in [4.78, 5) is 10.3. The van der Waals surface area contributed by atoms with Crippen LogP contribution in [-0.2, 0) is 15.6 Å². The zero-order valence-electron chi connectivity index (χ0n) is 16.6. The molecule has 7 nitrogen and oxygen atoms in total. The number of nitrogens with one attached hydrogen (secondary N) is 1. The summed E-state index contributed by atoms with van der Waals surface area (Å²) in [7, 11) is -0.305. The Labute approximate surface area is 179 Å². The molecule has 10 heteroatoms. The lowest BCUT2D eigenvalue weighted by molar-refractivity contribution is -0.384. The van der Waals surface area contributed by atoms with Crippen LogP contribution in [0.1, 0.15) is 26.3 Å². The van der Waals surface area contributed by atoms with Crippen molar-refractivity contribution in [2.75, 3.05) is 12.4 Å². The average molecular weight is 457 g/mol. The summed E-state index contributed by atoms with van der Waals surface area (Å²) in [6, 6.07) is 14.9. The average Bonchev–Trinajstić information content (AvgIpc) is 2.66. The molecule has 2 aromatic rings. The molecule has 1 atom stereocenters. The Morgan fingerprint density at radius 3 is 2.34 bits per heavy atom. The monoisotopic (exact) mass is 456 g/mol. The molecular formula is C19H25N2O5PS2. The van der Waals surface area contributed by atoms with E-state index in [1.54, 1.807) is 21.6 Å². The molecule has 2 rings (SSSR count). The molecular weight excluding hydrogens is 431 g/mol. The molecule has 0 aliphatic rings. The maximum atomic E-state index is 13.2. The number of nitro groups is 1. The molecule has 0 fully saturated rings. The second-order valence-electron chi connectivity index (χ2n) is 7.01. The van der Waals surface area contributed by atoms with Gasteiger partial charge < -0.3 is 4.52 Å². The van der Waals surface area contributed by atoms with Crippen molar-refractivity contribution in [1.82, 2.24) is 5.09 Å². The zero-order chi connectivity index (χ0) is 21.3. The lowest BCUT2D eigenvalue weighted by Gasteiger charge is -2.20. The van der Waals surface area contributed by atoms with Crippen LogP contribution in [0.15, 0.2) is 54.6 Å². The topological polar surface area (TPSA) is 90.7 Å². The molecule has 0 amide bonds. The normalized spacial score (nSPS) is 13.6. The van der Waals surface area contributed by atoms with Crippen molar-refractivity contribution in [1.29, 1.82) is 0 Å². The summed E-state index contributed by atoms with van der Waals surface area (Å²) < 4.78 is 24.5. The number of nitrogens with zero attached hydrogens (tertiary/aromatic N) is 1. The van der Waals surface area contributed by atoms with Crippen LogP contribution in [0.25, 0.3) is 0 Å². The molecule has 0 aliphatic carbocycles. The van der Waals surface area contributed by atoms with E-state index in [0.29, 0.717) is 12.3 Å². The van der Waals surface area contributed by atoms with Crippen molar-refractivity contribution >= 4 is 35.0 Å². The van der Waals surface area contributed by atoms with Gasteiger partial charge in [0, 0.05) is 29.2 Å². The molecule has 0 bridgehead atoms. The van der Waals surface area contributed by atoms with Crippen LogP contribution in [0, 0.1) is 10.1 Å². The third-order valence-corrected chi connectivity index (χ3v) is 8.15. The molecule has 0 saturated carbocycles. The van der Waals surface area contributed by atoms with Gasteiger partial charge in [-0.05, 0) is 17.7 Å². The number of rotatable bonds is 11. The summed E-state index contributed by atoms with van der Waals surface area (Å²) in [6.45, 7) is 6.90. The second-order valence-corrected chi connectivity index (χ2v) is 12.0. The SMILES string of the molecule is CC(C)(C)SSCCOP(=O)(NCc1ccccc1)Oc1ccc([N+](=O)[O-])cc1. The molecule has 0 radical (unpaired) electrons. The van der Waals surface area contributed by atoms with Crippen LogP contribution >= 0.6 is 29.3 Å². The van der Waals surface area contributed by atoms with E-state index in [1.165, 1.54) is 24.3 Å². The first kappa shape index (κ1) is 23.8. The molecule has 2 aromatic carbocycles. The first-order chi connectivity index (χ1) is 13.7. The predicted octanol–water partition coefficient (Wildman–Crippen LogP) is 6.07. The van der Waals surface area contributed by atoms with E-state index in [1.807, 2.05) is 30.3 Å². The largest absolute Gasteiger partial charge is 0.459 e. The first-order valence-electron chi connectivity index (χ1n) is 8.95. The quantitative estimate of drug-likeness (QED) is 0.143. The van der Waals surface area contributed by atoms with Gasteiger partial charge in [-0.1, -0.05) is 72.7 Å². The maximum Gasteiger partial charge on any atom is 0.459 e. The van der Waals surface area contributed by atoms with Gasteiger partial charge in [-0.3, -0.25) is 14.6 Å². The fraction of sp³-hybridized carbons (Fsp3) is 0.368. The van der Waals surface area contributed by atoms with E-state index in [4.69, 9.17) is 9.05 Å². The number of hydrogen-bond donors (Lipinski definition) is 1. The highest BCUT2D eigenvalue weighted by Gasteiger charge is 2.26. The Balaban J connectivity index is 2.00. The van der Waals surface area contributed by atoms with Crippen LogP contribution in [0.2, 0.25) is 0 Å². The molecule has 0 saturated heterocycles.